The molecule has 0 bridgehead atoms. The molecule has 0 atom stereocenters. The largest absolute Gasteiger partial charge is 0.322 e. The number of carbonyl (C=O) groups excluding carboxylic acids is 1. The van der Waals surface area contributed by atoms with Crippen LogP contribution in [0.15, 0.2) is 42.7 Å². The molecule has 108 valence electrons. The highest BCUT2D eigenvalue weighted by Gasteiger charge is 2.22. The monoisotopic (exact) mass is 294 g/mol. The van der Waals surface area contributed by atoms with Crippen LogP contribution in [-0.4, -0.2) is 21.2 Å². The molecule has 0 unspecified atom stereocenters. The van der Waals surface area contributed by atoms with E-state index in [4.69, 9.17) is 5.73 Å². The fraction of sp³-hybridized carbons (Fsp3) is 0.286. The molecular weight excluding hydrogens is 276 g/mol. The lowest BCUT2D eigenvalue weighted by molar-refractivity contribution is -0.120. The van der Waals surface area contributed by atoms with Gasteiger partial charge in [0.05, 0.1) is 24.0 Å². The molecule has 0 aliphatic heterocycles. The highest BCUT2D eigenvalue weighted by molar-refractivity contribution is 5.97. The number of carbonyl (C=O) groups is 1. The minimum atomic E-state index is -0.901. The standard InChI is InChI=1S/C14H18N4O.ClH/c1-14(2,15)13(19)17-12-8-16-18(10-12)9-11-6-4-3-5-7-11;/h3-8,10H,9,15H2,1-2H3,(H,17,19);1H. The van der Waals surface area contributed by atoms with Crippen LogP contribution in [0.2, 0.25) is 0 Å². The Bertz CT molecular complexity index is 560. The van der Waals surface area contributed by atoms with Crippen molar-refractivity contribution in [3.63, 3.8) is 0 Å². The van der Waals surface area contributed by atoms with Gasteiger partial charge >= 0.3 is 0 Å². The zero-order valence-corrected chi connectivity index (χ0v) is 12.4. The van der Waals surface area contributed by atoms with Gasteiger partial charge in [-0.3, -0.25) is 9.48 Å². The lowest BCUT2D eigenvalue weighted by Gasteiger charge is -2.16. The van der Waals surface area contributed by atoms with E-state index < -0.39 is 5.54 Å². The van der Waals surface area contributed by atoms with E-state index in [1.165, 1.54) is 0 Å². The molecule has 0 aliphatic carbocycles. The van der Waals surface area contributed by atoms with Crippen LogP contribution in [-0.2, 0) is 11.3 Å². The van der Waals surface area contributed by atoms with E-state index in [9.17, 15) is 4.79 Å². The Hall–Kier alpha value is -1.85. The Balaban J connectivity index is 0.00000200. The molecule has 5 nitrogen and oxygen atoms in total. The van der Waals surface area contributed by atoms with Gasteiger partial charge in [-0.15, -0.1) is 12.4 Å². The summed E-state index contributed by atoms with van der Waals surface area (Å²) in [7, 11) is 0. The van der Waals surface area contributed by atoms with Crippen LogP contribution in [0, 0.1) is 0 Å². The fourth-order valence-electron chi connectivity index (χ4n) is 1.58. The molecule has 0 saturated carbocycles. The first-order valence-corrected chi connectivity index (χ1v) is 6.12. The molecular formula is C14H19ClN4O. The number of hydrogen-bond donors (Lipinski definition) is 2. The predicted octanol–water partition coefficient (Wildman–Crippen LogP) is 2.03. The second-order valence-corrected chi connectivity index (χ2v) is 5.09. The second kappa shape index (κ2) is 6.54. The summed E-state index contributed by atoms with van der Waals surface area (Å²) in [6, 6.07) is 10.0. The summed E-state index contributed by atoms with van der Waals surface area (Å²) in [5.74, 6) is -0.230. The van der Waals surface area contributed by atoms with Crippen molar-refractivity contribution >= 4 is 24.0 Å². The Morgan fingerprint density at radius 3 is 2.60 bits per heavy atom. The number of amides is 1. The molecule has 3 N–H and O–H groups in total. The van der Waals surface area contributed by atoms with E-state index in [1.807, 2.05) is 30.3 Å². The molecule has 1 amide bonds. The maximum Gasteiger partial charge on any atom is 0.243 e. The van der Waals surface area contributed by atoms with Gasteiger partial charge in [0, 0.05) is 6.20 Å². The minimum absolute atomic E-state index is 0. The van der Waals surface area contributed by atoms with E-state index >= 15 is 0 Å². The van der Waals surface area contributed by atoms with E-state index in [0.717, 1.165) is 5.56 Å². The van der Waals surface area contributed by atoms with E-state index in [1.54, 1.807) is 30.9 Å². The van der Waals surface area contributed by atoms with Gasteiger partial charge in [-0.1, -0.05) is 30.3 Å². The number of nitrogens with one attached hydrogen (secondary N) is 1. The molecule has 2 rings (SSSR count). The number of hydrogen-bond acceptors (Lipinski definition) is 3. The molecule has 0 spiro atoms. The number of rotatable bonds is 4. The third-order valence-corrected chi connectivity index (χ3v) is 2.66. The van der Waals surface area contributed by atoms with E-state index in [2.05, 4.69) is 10.4 Å². The first kappa shape index (κ1) is 16.2. The normalized spacial score (nSPS) is 10.8. The molecule has 2 aromatic rings. The van der Waals surface area contributed by atoms with Gasteiger partial charge in [-0.25, -0.2) is 0 Å². The summed E-state index contributed by atoms with van der Waals surface area (Å²) in [4.78, 5) is 11.7. The molecule has 0 fully saturated rings. The lowest BCUT2D eigenvalue weighted by Crippen LogP contribution is -2.45. The van der Waals surface area contributed by atoms with Crippen LogP contribution in [0.3, 0.4) is 0 Å². The van der Waals surface area contributed by atoms with Gasteiger partial charge in [-0.05, 0) is 19.4 Å². The topological polar surface area (TPSA) is 72.9 Å². The zero-order valence-electron chi connectivity index (χ0n) is 11.5. The quantitative estimate of drug-likeness (QED) is 0.906. The molecule has 1 aromatic heterocycles. The third-order valence-electron chi connectivity index (χ3n) is 2.66. The van der Waals surface area contributed by atoms with Crippen molar-refractivity contribution in [2.75, 3.05) is 5.32 Å². The van der Waals surface area contributed by atoms with Gasteiger partial charge in [0.2, 0.25) is 5.91 Å². The van der Waals surface area contributed by atoms with Crippen molar-refractivity contribution in [2.24, 2.45) is 5.73 Å². The van der Waals surface area contributed by atoms with Crippen molar-refractivity contribution in [2.45, 2.75) is 25.9 Å². The average Bonchev–Trinajstić information content (AvgIpc) is 2.76. The van der Waals surface area contributed by atoms with Crippen LogP contribution in [0.25, 0.3) is 0 Å². The van der Waals surface area contributed by atoms with Crippen LogP contribution in [0.4, 0.5) is 5.69 Å². The predicted molar refractivity (Wildman–Crippen MR) is 81.9 cm³/mol. The van der Waals surface area contributed by atoms with Crippen molar-refractivity contribution in [1.82, 2.24) is 9.78 Å². The SMILES string of the molecule is CC(C)(N)C(=O)Nc1cnn(Cc2ccccc2)c1.Cl. The first-order valence-electron chi connectivity index (χ1n) is 6.12. The van der Waals surface area contributed by atoms with Crippen molar-refractivity contribution in [3.8, 4) is 0 Å². The minimum Gasteiger partial charge on any atom is -0.322 e. The highest BCUT2D eigenvalue weighted by atomic mass is 35.5. The maximum absolute atomic E-state index is 11.7. The van der Waals surface area contributed by atoms with Gasteiger partial charge in [0.25, 0.3) is 0 Å². The number of halogens is 1. The number of nitrogens with two attached hydrogens (primary N) is 1. The molecule has 1 aromatic carbocycles. The van der Waals surface area contributed by atoms with Crippen molar-refractivity contribution < 1.29 is 4.79 Å². The van der Waals surface area contributed by atoms with Gasteiger partial charge in [0.15, 0.2) is 0 Å². The summed E-state index contributed by atoms with van der Waals surface area (Å²) in [5, 5.41) is 6.95. The highest BCUT2D eigenvalue weighted by Crippen LogP contribution is 2.10. The number of anilines is 1. The average molecular weight is 295 g/mol. The molecule has 0 saturated heterocycles. The molecule has 0 radical (unpaired) electrons. The summed E-state index contributed by atoms with van der Waals surface area (Å²) < 4.78 is 1.77. The van der Waals surface area contributed by atoms with Crippen molar-refractivity contribution in [1.29, 1.82) is 0 Å². The van der Waals surface area contributed by atoms with Crippen LogP contribution in [0.1, 0.15) is 19.4 Å². The molecule has 20 heavy (non-hydrogen) atoms. The summed E-state index contributed by atoms with van der Waals surface area (Å²) in [6.07, 6.45) is 3.41. The van der Waals surface area contributed by atoms with Gasteiger partial charge in [-0.2, -0.15) is 5.10 Å². The Kier molecular flexibility index (Phi) is 5.30. The first-order chi connectivity index (χ1) is 8.95. The lowest BCUT2D eigenvalue weighted by atomic mass is 10.1. The number of benzene rings is 1. The molecule has 0 aliphatic rings. The smallest absolute Gasteiger partial charge is 0.243 e. The second-order valence-electron chi connectivity index (χ2n) is 5.09. The Morgan fingerprint density at radius 2 is 2.00 bits per heavy atom. The van der Waals surface area contributed by atoms with E-state index in [0.29, 0.717) is 12.2 Å². The third kappa shape index (κ3) is 4.36. The summed E-state index contributed by atoms with van der Waals surface area (Å²) >= 11 is 0. The summed E-state index contributed by atoms with van der Waals surface area (Å²) in [6.45, 7) is 4.00. The van der Waals surface area contributed by atoms with Crippen LogP contribution < -0.4 is 11.1 Å². The van der Waals surface area contributed by atoms with E-state index in [-0.39, 0.29) is 18.3 Å². The van der Waals surface area contributed by atoms with Crippen LogP contribution >= 0.6 is 12.4 Å². The van der Waals surface area contributed by atoms with Gasteiger partial charge < -0.3 is 11.1 Å². The number of aromatic nitrogens is 2. The zero-order chi connectivity index (χ0) is 13.9. The molecule has 6 heteroatoms. The fourth-order valence-corrected chi connectivity index (χ4v) is 1.58. The van der Waals surface area contributed by atoms with Gasteiger partial charge in [0.1, 0.15) is 0 Å². The Morgan fingerprint density at radius 1 is 1.35 bits per heavy atom. The Labute approximate surface area is 124 Å². The summed E-state index contributed by atoms with van der Waals surface area (Å²) in [5.41, 5.74) is 6.62. The van der Waals surface area contributed by atoms with Crippen molar-refractivity contribution in [3.05, 3.63) is 48.3 Å². The van der Waals surface area contributed by atoms with Crippen LogP contribution in [0.5, 0.6) is 0 Å². The number of nitrogens with zero attached hydrogens (tertiary/aromatic N) is 2. The molecule has 1 heterocycles. The maximum atomic E-state index is 11.7.